The molecule has 0 saturated carbocycles. The summed E-state index contributed by atoms with van der Waals surface area (Å²) in [5.41, 5.74) is 0. The van der Waals surface area contributed by atoms with Gasteiger partial charge in [-0.05, 0) is 38.0 Å². The number of fused-ring (bicyclic) bond motifs is 1. The van der Waals surface area contributed by atoms with E-state index in [1.807, 2.05) is 26.0 Å². The molecule has 0 aromatic carbocycles. The number of rotatable bonds is 7. The Morgan fingerprint density at radius 2 is 1.71 bits per heavy atom. The van der Waals surface area contributed by atoms with Crippen molar-refractivity contribution in [1.82, 2.24) is 20.4 Å². The van der Waals surface area contributed by atoms with E-state index in [-0.39, 0.29) is 36.1 Å². The van der Waals surface area contributed by atoms with Gasteiger partial charge in [0, 0.05) is 13.6 Å². The SMILES string of the molecule is CNC(=O)C1CCCN1C(=O)CNC(=O)C(CC(C)C)N1C(=O)C2CC=CCC2C1=O. The Hall–Kier alpha value is -2.71. The quantitative estimate of drug-likeness (QED) is 0.441. The molecule has 0 bridgehead atoms. The van der Waals surface area contributed by atoms with Gasteiger partial charge in [0.2, 0.25) is 29.5 Å². The summed E-state index contributed by atoms with van der Waals surface area (Å²) in [5.74, 6) is -2.41. The van der Waals surface area contributed by atoms with Crippen molar-refractivity contribution in [3.8, 4) is 0 Å². The van der Waals surface area contributed by atoms with Gasteiger partial charge in [-0.3, -0.25) is 28.9 Å². The number of hydrogen-bond donors (Lipinski definition) is 2. The molecule has 2 saturated heterocycles. The number of carbonyl (C=O) groups is 5. The summed E-state index contributed by atoms with van der Waals surface area (Å²) in [5, 5.41) is 5.18. The molecule has 2 aliphatic heterocycles. The zero-order valence-electron chi connectivity index (χ0n) is 18.4. The first-order valence-corrected chi connectivity index (χ1v) is 11.1. The Morgan fingerprint density at radius 1 is 1.10 bits per heavy atom. The van der Waals surface area contributed by atoms with Crippen LogP contribution in [0.25, 0.3) is 0 Å². The topological polar surface area (TPSA) is 116 Å². The van der Waals surface area contributed by atoms with E-state index in [9.17, 15) is 24.0 Å². The predicted octanol–water partition coefficient (Wildman–Crippen LogP) is 0.206. The molecule has 2 heterocycles. The van der Waals surface area contributed by atoms with Crippen LogP contribution >= 0.6 is 0 Å². The van der Waals surface area contributed by atoms with Crippen molar-refractivity contribution in [2.75, 3.05) is 20.1 Å². The maximum atomic E-state index is 13.0. The van der Waals surface area contributed by atoms with Crippen LogP contribution in [0.15, 0.2) is 12.2 Å². The number of imide groups is 1. The second-order valence-corrected chi connectivity index (χ2v) is 8.92. The minimum absolute atomic E-state index is 0.0732. The van der Waals surface area contributed by atoms with Crippen molar-refractivity contribution in [2.24, 2.45) is 17.8 Å². The lowest BCUT2D eigenvalue weighted by atomic mass is 9.85. The summed E-state index contributed by atoms with van der Waals surface area (Å²) in [6.07, 6.45) is 6.47. The van der Waals surface area contributed by atoms with E-state index in [1.165, 1.54) is 11.9 Å². The monoisotopic (exact) mass is 432 g/mol. The van der Waals surface area contributed by atoms with Gasteiger partial charge in [0.05, 0.1) is 18.4 Å². The Labute approximate surface area is 182 Å². The van der Waals surface area contributed by atoms with Crippen LogP contribution in [0.2, 0.25) is 0 Å². The van der Waals surface area contributed by atoms with Gasteiger partial charge in [-0.1, -0.05) is 26.0 Å². The smallest absolute Gasteiger partial charge is 0.243 e. The Bertz CT molecular complexity index is 767. The van der Waals surface area contributed by atoms with Gasteiger partial charge in [-0.2, -0.15) is 0 Å². The Kier molecular flexibility index (Phi) is 7.12. The third kappa shape index (κ3) is 4.65. The molecule has 31 heavy (non-hydrogen) atoms. The highest BCUT2D eigenvalue weighted by Gasteiger charge is 2.51. The lowest BCUT2D eigenvalue weighted by Gasteiger charge is -2.28. The molecule has 0 radical (unpaired) electrons. The highest BCUT2D eigenvalue weighted by molar-refractivity contribution is 6.08. The van der Waals surface area contributed by atoms with Crippen LogP contribution in [0.1, 0.15) is 46.0 Å². The van der Waals surface area contributed by atoms with Crippen LogP contribution in [-0.2, 0) is 24.0 Å². The molecule has 3 aliphatic rings. The van der Waals surface area contributed by atoms with E-state index in [0.29, 0.717) is 32.2 Å². The van der Waals surface area contributed by atoms with Crippen molar-refractivity contribution in [3.05, 3.63) is 12.2 Å². The third-order valence-electron chi connectivity index (χ3n) is 6.39. The molecule has 1 aliphatic carbocycles. The van der Waals surface area contributed by atoms with Gasteiger partial charge in [0.1, 0.15) is 12.1 Å². The van der Waals surface area contributed by atoms with Gasteiger partial charge >= 0.3 is 0 Å². The summed E-state index contributed by atoms with van der Waals surface area (Å²) >= 11 is 0. The molecule has 3 rings (SSSR count). The first-order valence-electron chi connectivity index (χ1n) is 11.1. The van der Waals surface area contributed by atoms with Crippen LogP contribution in [0.3, 0.4) is 0 Å². The highest BCUT2D eigenvalue weighted by Crippen LogP contribution is 2.37. The summed E-state index contributed by atoms with van der Waals surface area (Å²) in [4.78, 5) is 66.2. The van der Waals surface area contributed by atoms with Crippen molar-refractivity contribution >= 4 is 29.5 Å². The molecular weight excluding hydrogens is 400 g/mol. The summed E-state index contributed by atoms with van der Waals surface area (Å²) in [7, 11) is 1.53. The van der Waals surface area contributed by atoms with E-state index in [4.69, 9.17) is 0 Å². The molecule has 4 unspecified atom stereocenters. The molecule has 0 spiro atoms. The fourth-order valence-electron chi connectivity index (χ4n) is 4.80. The Morgan fingerprint density at radius 3 is 2.26 bits per heavy atom. The molecule has 2 N–H and O–H groups in total. The minimum atomic E-state index is -0.938. The maximum absolute atomic E-state index is 13.0. The second kappa shape index (κ2) is 9.62. The van der Waals surface area contributed by atoms with Crippen molar-refractivity contribution < 1.29 is 24.0 Å². The number of nitrogens with zero attached hydrogens (tertiary/aromatic N) is 2. The van der Waals surface area contributed by atoms with Crippen LogP contribution < -0.4 is 10.6 Å². The molecule has 9 nitrogen and oxygen atoms in total. The number of amides is 5. The molecule has 170 valence electrons. The van der Waals surface area contributed by atoms with E-state index >= 15 is 0 Å². The van der Waals surface area contributed by atoms with Gasteiger partial charge < -0.3 is 15.5 Å². The molecule has 0 aromatic heterocycles. The molecule has 5 amide bonds. The van der Waals surface area contributed by atoms with E-state index in [0.717, 1.165) is 11.3 Å². The first kappa shape index (κ1) is 23.0. The number of likely N-dealkylation sites (N-methyl/N-ethyl adjacent to an activating group) is 1. The van der Waals surface area contributed by atoms with Crippen LogP contribution in [-0.4, -0.2) is 71.6 Å². The number of nitrogens with one attached hydrogen (secondary N) is 2. The summed E-state index contributed by atoms with van der Waals surface area (Å²) in [6, 6.07) is -1.47. The lowest BCUT2D eigenvalue weighted by Crippen LogP contribution is -2.53. The van der Waals surface area contributed by atoms with Crippen molar-refractivity contribution in [2.45, 2.75) is 58.0 Å². The van der Waals surface area contributed by atoms with Crippen LogP contribution in [0.5, 0.6) is 0 Å². The highest BCUT2D eigenvalue weighted by atomic mass is 16.2. The van der Waals surface area contributed by atoms with Gasteiger partial charge in [-0.25, -0.2) is 0 Å². The van der Waals surface area contributed by atoms with E-state index in [2.05, 4.69) is 10.6 Å². The van der Waals surface area contributed by atoms with Gasteiger partial charge in [-0.15, -0.1) is 0 Å². The zero-order chi connectivity index (χ0) is 22.7. The molecule has 9 heteroatoms. The largest absolute Gasteiger partial charge is 0.357 e. The predicted molar refractivity (Wildman–Crippen MR) is 112 cm³/mol. The number of carbonyl (C=O) groups excluding carboxylic acids is 5. The van der Waals surface area contributed by atoms with Gasteiger partial charge in [0.25, 0.3) is 0 Å². The van der Waals surface area contributed by atoms with Crippen molar-refractivity contribution in [1.29, 1.82) is 0 Å². The fraction of sp³-hybridized carbons (Fsp3) is 0.682. The number of likely N-dealkylation sites (tertiary alicyclic amines) is 2. The number of allylic oxidation sites excluding steroid dienone is 2. The average Bonchev–Trinajstić information content (AvgIpc) is 3.34. The Balaban J connectivity index is 1.68. The second-order valence-electron chi connectivity index (χ2n) is 8.92. The molecular formula is C22H32N4O5. The molecule has 4 atom stereocenters. The van der Waals surface area contributed by atoms with Crippen LogP contribution in [0, 0.1) is 17.8 Å². The van der Waals surface area contributed by atoms with Crippen molar-refractivity contribution in [3.63, 3.8) is 0 Å². The summed E-state index contributed by atoms with van der Waals surface area (Å²) in [6.45, 7) is 4.03. The average molecular weight is 433 g/mol. The lowest BCUT2D eigenvalue weighted by molar-refractivity contribution is -0.148. The fourth-order valence-corrected chi connectivity index (χ4v) is 4.80. The number of hydrogen-bond acceptors (Lipinski definition) is 5. The third-order valence-corrected chi connectivity index (χ3v) is 6.39. The van der Waals surface area contributed by atoms with Crippen LogP contribution in [0.4, 0.5) is 0 Å². The van der Waals surface area contributed by atoms with Gasteiger partial charge in [0.15, 0.2) is 0 Å². The normalized spacial score (nSPS) is 26.3. The maximum Gasteiger partial charge on any atom is 0.243 e. The van der Waals surface area contributed by atoms with E-state index < -0.39 is 29.8 Å². The standard InChI is InChI=1S/C22H32N4O5/c1-13(2)11-17(26-21(30)14-7-4-5-8-15(14)22(26)31)20(29)24-12-18(27)25-10-6-9-16(25)19(28)23-3/h4-5,13-17H,6-12H2,1-3H3,(H,23,28)(H,24,29). The minimum Gasteiger partial charge on any atom is -0.357 e. The zero-order valence-corrected chi connectivity index (χ0v) is 18.4. The first-order chi connectivity index (χ1) is 14.8. The van der Waals surface area contributed by atoms with E-state index in [1.54, 1.807) is 0 Å². The summed E-state index contributed by atoms with van der Waals surface area (Å²) < 4.78 is 0. The molecule has 0 aromatic rings. The molecule has 2 fully saturated rings.